The molecule has 4 N–H and O–H groups in total. The Bertz CT molecular complexity index is 1160. The molecule has 172 valence electrons. The number of halogens is 2. The van der Waals surface area contributed by atoms with Crippen LogP contribution in [0.4, 0.5) is 16.2 Å². The third-order valence-electron chi connectivity index (χ3n) is 6.16. The van der Waals surface area contributed by atoms with E-state index in [1.54, 1.807) is 12.1 Å². The van der Waals surface area contributed by atoms with E-state index in [1.807, 2.05) is 0 Å². The van der Waals surface area contributed by atoms with E-state index in [2.05, 4.69) is 27.9 Å². The molecule has 0 saturated carbocycles. The first-order valence-electron chi connectivity index (χ1n) is 10.1. The highest BCUT2D eigenvalue weighted by molar-refractivity contribution is 7.89. The summed E-state index contributed by atoms with van der Waals surface area (Å²) in [4.78, 5) is 15.8. The van der Waals surface area contributed by atoms with Crippen molar-refractivity contribution in [1.82, 2.24) is 14.6 Å². The van der Waals surface area contributed by atoms with Crippen molar-refractivity contribution in [2.75, 3.05) is 30.3 Å². The molecule has 12 heteroatoms. The number of nitrogens with one attached hydrogen (secondary N) is 3. The number of phenols is 1. The van der Waals surface area contributed by atoms with Gasteiger partial charge in [0, 0.05) is 24.8 Å². The topological polar surface area (TPSA) is 124 Å². The summed E-state index contributed by atoms with van der Waals surface area (Å²) in [6.45, 7) is 3.59. The van der Waals surface area contributed by atoms with Gasteiger partial charge in [-0.25, -0.2) is 18.2 Å². The molecule has 2 unspecified atom stereocenters. The van der Waals surface area contributed by atoms with E-state index >= 15 is 0 Å². The molecule has 0 spiro atoms. The van der Waals surface area contributed by atoms with Crippen LogP contribution in [0.5, 0.6) is 5.75 Å². The molecule has 3 heterocycles. The predicted molar refractivity (Wildman–Crippen MR) is 123 cm³/mol. The molecule has 2 aliphatic heterocycles. The fraction of sp³-hybridized carbons (Fsp3) is 0.400. The second kappa shape index (κ2) is 8.68. The molecule has 2 aliphatic rings. The number of amides is 2. The van der Waals surface area contributed by atoms with Gasteiger partial charge < -0.3 is 21.1 Å². The van der Waals surface area contributed by atoms with Crippen LogP contribution in [0, 0.1) is 5.92 Å². The van der Waals surface area contributed by atoms with Gasteiger partial charge in [-0.1, -0.05) is 23.2 Å². The number of benzene rings is 1. The average molecular weight is 500 g/mol. The molecule has 0 bridgehead atoms. The number of sulfonamides is 1. The minimum Gasteiger partial charge on any atom is -0.504 e. The summed E-state index contributed by atoms with van der Waals surface area (Å²) in [6.07, 6.45) is 3.00. The number of phenolic OH excluding ortho intramolecular Hbond substituents is 1. The normalized spacial score (nSPS) is 23.5. The number of fused-ring (bicyclic) bond motifs is 1. The van der Waals surface area contributed by atoms with Crippen LogP contribution >= 0.6 is 23.2 Å². The van der Waals surface area contributed by atoms with Crippen LogP contribution in [0.15, 0.2) is 35.4 Å². The van der Waals surface area contributed by atoms with Crippen LogP contribution in [0.25, 0.3) is 0 Å². The number of piperidine rings is 1. The van der Waals surface area contributed by atoms with Crippen LogP contribution < -0.4 is 16.0 Å². The number of nitrogens with zero attached hydrogens (tertiary/aromatic N) is 2. The number of carbonyl (C=O) groups is 1. The van der Waals surface area contributed by atoms with Crippen molar-refractivity contribution in [1.29, 1.82) is 0 Å². The molecular formula is C20H23Cl2N5O4S. The zero-order chi connectivity index (χ0) is 23.1. The minimum absolute atomic E-state index is 0.0877. The van der Waals surface area contributed by atoms with Crippen molar-refractivity contribution in [3.8, 4) is 5.75 Å². The largest absolute Gasteiger partial charge is 0.504 e. The van der Waals surface area contributed by atoms with Gasteiger partial charge in [0.15, 0.2) is 10.9 Å². The maximum Gasteiger partial charge on any atom is 0.323 e. The smallest absolute Gasteiger partial charge is 0.323 e. The third kappa shape index (κ3) is 4.25. The Kier molecular flexibility index (Phi) is 6.25. The van der Waals surface area contributed by atoms with Gasteiger partial charge in [-0.15, -0.1) is 0 Å². The minimum atomic E-state index is -4.09. The van der Waals surface area contributed by atoms with Gasteiger partial charge in [-0.3, -0.25) is 0 Å². The summed E-state index contributed by atoms with van der Waals surface area (Å²) < 4.78 is 28.2. The molecule has 4 rings (SSSR count). The Hall–Kier alpha value is -2.11. The summed E-state index contributed by atoms with van der Waals surface area (Å²) in [7, 11) is -4.09. The summed E-state index contributed by atoms with van der Waals surface area (Å²) in [5.74, 6) is -0.453. The molecule has 2 fully saturated rings. The van der Waals surface area contributed by atoms with Gasteiger partial charge >= 0.3 is 6.03 Å². The quantitative estimate of drug-likeness (QED) is 0.377. The SMILES string of the molecule is CC12CCN(S(=O)(=O)c3c(Cl)ccc(NC(=O)Nc4cccnc4Cl)c3O)CC1CCN2. The highest BCUT2D eigenvalue weighted by Gasteiger charge is 2.46. The molecule has 2 atom stereocenters. The van der Waals surface area contributed by atoms with Crippen LogP contribution in [-0.4, -0.2) is 54.0 Å². The number of rotatable bonds is 4. The molecule has 9 nitrogen and oxygen atoms in total. The van der Waals surface area contributed by atoms with Gasteiger partial charge in [0.25, 0.3) is 0 Å². The van der Waals surface area contributed by atoms with Crippen molar-refractivity contribution in [3.63, 3.8) is 0 Å². The Labute approximate surface area is 196 Å². The first-order chi connectivity index (χ1) is 15.1. The number of aromatic hydroxyl groups is 1. The Morgan fingerprint density at radius 3 is 2.78 bits per heavy atom. The Morgan fingerprint density at radius 2 is 2.03 bits per heavy atom. The summed E-state index contributed by atoms with van der Waals surface area (Å²) in [5.41, 5.74) is 0.0665. The van der Waals surface area contributed by atoms with E-state index in [9.17, 15) is 18.3 Å². The lowest BCUT2D eigenvalue weighted by molar-refractivity contribution is 0.171. The molecule has 0 aliphatic carbocycles. The van der Waals surface area contributed by atoms with Crippen LogP contribution in [-0.2, 0) is 10.0 Å². The maximum absolute atomic E-state index is 13.4. The number of urea groups is 1. The zero-order valence-corrected chi connectivity index (χ0v) is 19.6. The second-order valence-corrected chi connectivity index (χ2v) is 10.8. The summed E-state index contributed by atoms with van der Waals surface area (Å²) in [6, 6.07) is 5.07. The molecule has 1 aromatic carbocycles. The number of carbonyl (C=O) groups excluding carboxylic acids is 1. The monoisotopic (exact) mass is 499 g/mol. The van der Waals surface area contributed by atoms with Crippen molar-refractivity contribution in [3.05, 3.63) is 40.6 Å². The predicted octanol–water partition coefficient (Wildman–Crippen LogP) is 3.50. The molecular weight excluding hydrogens is 477 g/mol. The number of hydrogen-bond acceptors (Lipinski definition) is 6. The van der Waals surface area contributed by atoms with Crippen LogP contribution in [0.1, 0.15) is 19.8 Å². The maximum atomic E-state index is 13.4. The fourth-order valence-electron chi connectivity index (χ4n) is 4.27. The van der Waals surface area contributed by atoms with E-state index in [-0.39, 0.29) is 33.0 Å². The highest BCUT2D eigenvalue weighted by atomic mass is 35.5. The summed E-state index contributed by atoms with van der Waals surface area (Å²) >= 11 is 12.1. The average Bonchev–Trinajstić information content (AvgIpc) is 3.12. The van der Waals surface area contributed by atoms with Crippen molar-refractivity contribution in [2.45, 2.75) is 30.2 Å². The van der Waals surface area contributed by atoms with Crippen molar-refractivity contribution >= 4 is 50.6 Å². The van der Waals surface area contributed by atoms with E-state index in [0.717, 1.165) is 13.0 Å². The van der Waals surface area contributed by atoms with Gasteiger partial charge in [-0.05, 0) is 56.5 Å². The highest BCUT2D eigenvalue weighted by Crippen LogP contribution is 2.42. The van der Waals surface area contributed by atoms with Gasteiger partial charge in [0.2, 0.25) is 10.0 Å². The van der Waals surface area contributed by atoms with E-state index in [4.69, 9.17) is 23.2 Å². The van der Waals surface area contributed by atoms with Crippen molar-refractivity contribution in [2.24, 2.45) is 5.92 Å². The Balaban J connectivity index is 1.58. The lowest BCUT2D eigenvalue weighted by atomic mass is 9.82. The summed E-state index contributed by atoms with van der Waals surface area (Å²) in [5, 5.41) is 19.1. The van der Waals surface area contributed by atoms with Gasteiger partial charge in [0.1, 0.15) is 4.90 Å². The van der Waals surface area contributed by atoms with E-state index < -0.39 is 26.7 Å². The number of aromatic nitrogens is 1. The number of pyridine rings is 1. The third-order valence-corrected chi connectivity index (χ3v) is 8.83. The first kappa shape index (κ1) is 23.1. The molecule has 2 aromatic rings. The first-order valence-corrected chi connectivity index (χ1v) is 12.3. The molecule has 2 saturated heterocycles. The molecule has 0 radical (unpaired) electrons. The number of anilines is 2. The van der Waals surface area contributed by atoms with Gasteiger partial charge in [-0.2, -0.15) is 4.31 Å². The lowest BCUT2D eigenvalue weighted by Crippen LogP contribution is -2.54. The van der Waals surface area contributed by atoms with Crippen LogP contribution in [0.2, 0.25) is 10.2 Å². The molecule has 1 aromatic heterocycles. The zero-order valence-electron chi connectivity index (χ0n) is 17.2. The lowest BCUT2D eigenvalue weighted by Gasteiger charge is -2.41. The van der Waals surface area contributed by atoms with Crippen molar-refractivity contribution < 1.29 is 18.3 Å². The fourth-order valence-corrected chi connectivity index (χ4v) is 6.52. The molecule has 32 heavy (non-hydrogen) atoms. The van der Waals surface area contributed by atoms with E-state index in [0.29, 0.717) is 19.5 Å². The standard InChI is InChI=1S/C20H23Cl2N5O4S/c1-20-7-10-27(11-12(20)6-9-24-20)32(30,31)17-13(21)4-5-14(16(17)28)25-19(29)26-15-3-2-8-23-18(15)22/h2-5,8,12,24,28H,6-7,9-11H2,1H3,(H2,25,26,29). The van der Waals surface area contributed by atoms with Gasteiger partial charge in [0.05, 0.1) is 16.4 Å². The second-order valence-electron chi connectivity index (χ2n) is 8.14. The number of hydrogen-bond donors (Lipinski definition) is 4. The van der Waals surface area contributed by atoms with E-state index in [1.165, 1.54) is 22.6 Å². The molecule has 2 amide bonds. The van der Waals surface area contributed by atoms with Crippen LogP contribution in [0.3, 0.4) is 0 Å². The Morgan fingerprint density at radius 1 is 1.28 bits per heavy atom.